The molecule has 0 aromatic heterocycles. The Morgan fingerprint density at radius 2 is 1.59 bits per heavy atom. The van der Waals surface area contributed by atoms with Gasteiger partial charge >= 0.3 is 0 Å². The maximum absolute atomic E-state index is 13.2. The molecule has 0 saturated carbocycles. The van der Waals surface area contributed by atoms with Gasteiger partial charge in [0.2, 0.25) is 5.91 Å². The number of hydrogen-bond donors (Lipinski definition) is 2. The van der Waals surface area contributed by atoms with Crippen LogP contribution in [0.4, 0.5) is 0 Å². The molecule has 2 fully saturated rings. The van der Waals surface area contributed by atoms with E-state index in [1.807, 2.05) is 67.3 Å². The lowest BCUT2D eigenvalue weighted by Crippen LogP contribution is -2.36. The number of aryl methyl sites for hydroxylation is 2. The zero-order chi connectivity index (χ0) is 22.7. The highest BCUT2D eigenvalue weighted by molar-refractivity contribution is 5.97. The van der Waals surface area contributed by atoms with Crippen LogP contribution < -0.4 is 5.32 Å². The Kier molecular flexibility index (Phi) is 6.92. The fourth-order valence-corrected chi connectivity index (χ4v) is 5.31. The fourth-order valence-electron chi connectivity index (χ4n) is 5.31. The zero-order valence-electron chi connectivity index (χ0n) is 19.0. The number of carbonyl (C=O) groups excluding carboxylic acids is 2. The summed E-state index contributed by atoms with van der Waals surface area (Å²) < 4.78 is 0. The van der Waals surface area contributed by atoms with Crippen LogP contribution in [0.25, 0.3) is 0 Å². The molecule has 0 spiro atoms. The van der Waals surface area contributed by atoms with Crippen LogP contribution in [0.1, 0.15) is 39.5 Å². The van der Waals surface area contributed by atoms with Crippen molar-refractivity contribution >= 4 is 11.8 Å². The van der Waals surface area contributed by atoms with Gasteiger partial charge in [0, 0.05) is 38.3 Å². The third-order valence-corrected chi connectivity index (χ3v) is 6.96. The number of rotatable bonds is 7. The summed E-state index contributed by atoms with van der Waals surface area (Å²) in [6.45, 7) is 8.00. The molecule has 32 heavy (non-hydrogen) atoms. The van der Waals surface area contributed by atoms with Crippen LogP contribution >= 0.6 is 0 Å². The first-order valence-electron chi connectivity index (χ1n) is 11.5. The summed E-state index contributed by atoms with van der Waals surface area (Å²) >= 11 is 0. The predicted molar refractivity (Wildman–Crippen MR) is 124 cm³/mol. The molecule has 3 atom stereocenters. The molecule has 0 aliphatic carbocycles. The van der Waals surface area contributed by atoms with Gasteiger partial charge < -0.3 is 20.2 Å². The number of aliphatic hydroxyl groups excluding tert-OH is 1. The van der Waals surface area contributed by atoms with Gasteiger partial charge in [0.1, 0.15) is 6.61 Å². The predicted octanol–water partition coefficient (Wildman–Crippen LogP) is 2.55. The second-order valence-electron chi connectivity index (χ2n) is 9.23. The topological polar surface area (TPSA) is 72.9 Å². The lowest BCUT2D eigenvalue weighted by Gasteiger charge is -2.25. The summed E-state index contributed by atoms with van der Waals surface area (Å²) in [7, 11) is 0. The van der Waals surface area contributed by atoms with Crippen LogP contribution in [0.2, 0.25) is 0 Å². The van der Waals surface area contributed by atoms with Crippen molar-refractivity contribution in [1.29, 1.82) is 0 Å². The van der Waals surface area contributed by atoms with E-state index < -0.39 is 6.61 Å². The largest absolute Gasteiger partial charge is 0.387 e. The minimum absolute atomic E-state index is 0.113. The Morgan fingerprint density at radius 1 is 0.969 bits per heavy atom. The maximum Gasteiger partial charge on any atom is 0.254 e. The molecule has 6 nitrogen and oxygen atoms in total. The molecule has 0 radical (unpaired) electrons. The molecule has 170 valence electrons. The van der Waals surface area contributed by atoms with Crippen LogP contribution in [0.5, 0.6) is 0 Å². The molecule has 6 heteroatoms. The average Bonchev–Trinajstić information content (AvgIpc) is 3.36. The van der Waals surface area contributed by atoms with E-state index in [2.05, 4.69) is 10.2 Å². The van der Waals surface area contributed by atoms with E-state index in [9.17, 15) is 9.59 Å². The van der Waals surface area contributed by atoms with E-state index in [0.29, 0.717) is 11.8 Å². The van der Waals surface area contributed by atoms with E-state index in [4.69, 9.17) is 5.11 Å². The number of aliphatic hydroxyl groups is 1. The smallest absolute Gasteiger partial charge is 0.254 e. The number of amides is 2. The first-order valence-corrected chi connectivity index (χ1v) is 11.5. The summed E-state index contributed by atoms with van der Waals surface area (Å²) in [5.41, 5.74) is 4.00. The summed E-state index contributed by atoms with van der Waals surface area (Å²) in [5, 5.41) is 12.1. The molecule has 2 heterocycles. The maximum atomic E-state index is 13.2. The van der Waals surface area contributed by atoms with Crippen LogP contribution in [0.3, 0.4) is 0 Å². The zero-order valence-corrected chi connectivity index (χ0v) is 19.0. The molecule has 2 aliphatic rings. The molecule has 2 aliphatic heterocycles. The molecule has 2 amide bonds. The Balaban J connectivity index is 1.33. The third-order valence-electron chi connectivity index (χ3n) is 6.96. The second kappa shape index (κ2) is 9.84. The van der Waals surface area contributed by atoms with Crippen molar-refractivity contribution < 1.29 is 14.7 Å². The van der Waals surface area contributed by atoms with Crippen LogP contribution in [0.15, 0.2) is 48.5 Å². The number of nitrogens with zero attached hydrogens (tertiary/aromatic N) is 2. The Hall–Kier alpha value is -2.70. The minimum atomic E-state index is -0.499. The van der Waals surface area contributed by atoms with Gasteiger partial charge in [-0.1, -0.05) is 48.5 Å². The van der Waals surface area contributed by atoms with E-state index in [-0.39, 0.29) is 17.9 Å². The lowest BCUT2D eigenvalue weighted by molar-refractivity contribution is -0.124. The first-order chi connectivity index (χ1) is 15.5. The standard InChI is InChI=1S/C26H33N3O3/c1-18-7-6-8-19(2)25(18)26(32)29-15-21-13-28(14-22(21)16-29)12-11-23(27-24(31)17-30)20-9-4-3-5-10-20/h3-10,21-23,30H,11-17H2,1-2H3,(H,27,31)/t21-,22?,23?/m0/s1. The van der Waals surface area contributed by atoms with Crippen molar-refractivity contribution in [1.82, 2.24) is 15.1 Å². The van der Waals surface area contributed by atoms with Gasteiger partial charge in [-0.25, -0.2) is 0 Å². The van der Waals surface area contributed by atoms with Crippen LogP contribution in [-0.2, 0) is 4.79 Å². The molecular weight excluding hydrogens is 402 g/mol. The van der Waals surface area contributed by atoms with Crippen molar-refractivity contribution in [2.45, 2.75) is 26.3 Å². The highest BCUT2D eigenvalue weighted by Gasteiger charge is 2.42. The number of nitrogens with one attached hydrogen (secondary N) is 1. The highest BCUT2D eigenvalue weighted by atomic mass is 16.3. The summed E-state index contributed by atoms with van der Waals surface area (Å²) in [5.74, 6) is 0.825. The van der Waals surface area contributed by atoms with Crippen molar-refractivity contribution in [3.8, 4) is 0 Å². The van der Waals surface area contributed by atoms with Gasteiger partial charge in [0.05, 0.1) is 6.04 Å². The van der Waals surface area contributed by atoms with Crippen molar-refractivity contribution in [2.75, 3.05) is 39.3 Å². The number of carbonyl (C=O) groups is 2. The van der Waals surface area contributed by atoms with Gasteiger partial charge in [-0.15, -0.1) is 0 Å². The number of hydrogen-bond acceptors (Lipinski definition) is 4. The van der Waals surface area contributed by atoms with E-state index in [1.165, 1.54) is 0 Å². The van der Waals surface area contributed by atoms with Gasteiger partial charge in [-0.3, -0.25) is 9.59 Å². The molecule has 4 rings (SSSR count). The molecule has 2 aromatic carbocycles. The summed E-state index contributed by atoms with van der Waals surface area (Å²) in [6.07, 6.45) is 0.792. The van der Waals surface area contributed by atoms with Crippen LogP contribution in [0, 0.1) is 25.7 Å². The molecule has 2 aromatic rings. The molecule has 2 unspecified atom stereocenters. The van der Waals surface area contributed by atoms with Crippen molar-refractivity contribution in [3.05, 3.63) is 70.8 Å². The van der Waals surface area contributed by atoms with Crippen molar-refractivity contribution in [2.24, 2.45) is 11.8 Å². The van der Waals surface area contributed by atoms with Gasteiger partial charge in [-0.05, 0) is 48.8 Å². The quantitative estimate of drug-likeness (QED) is 0.701. The molecule has 2 saturated heterocycles. The van der Waals surface area contributed by atoms with Gasteiger partial charge in [0.15, 0.2) is 0 Å². The van der Waals surface area contributed by atoms with Crippen molar-refractivity contribution in [3.63, 3.8) is 0 Å². The number of fused-ring (bicyclic) bond motifs is 1. The lowest BCUT2D eigenvalue weighted by atomic mass is 10.0. The molecular formula is C26H33N3O3. The first kappa shape index (κ1) is 22.5. The van der Waals surface area contributed by atoms with E-state index >= 15 is 0 Å². The van der Waals surface area contributed by atoms with Gasteiger partial charge in [-0.2, -0.15) is 0 Å². The molecule has 0 bridgehead atoms. The fraction of sp³-hybridized carbons (Fsp3) is 0.462. The summed E-state index contributed by atoms with van der Waals surface area (Å²) in [4.78, 5) is 29.5. The van der Waals surface area contributed by atoms with Crippen LogP contribution in [-0.4, -0.2) is 66.1 Å². The Bertz CT molecular complexity index is 928. The number of benzene rings is 2. The number of likely N-dealkylation sites (tertiary alicyclic amines) is 2. The monoisotopic (exact) mass is 435 g/mol. The molecule has 2 N–H and O–H groups in total. The Labute approximate surface area is 190 Å². The SMILES string of the molecule is Cc1cccc(C)c1C(=O)N1CC2CN(CCC(NC(=O)CO)c3ccccc3)C[C@H]2C1. The van der Waals surface area contributed by atoms with E-state index in [1.54, 1.807) is 0 Å². The van der Waals surface area contributed by atoms with E-state index in [0.717, 1.165) is 61.4 Å². The highest BCUT2D eigenvalue weighted by Crippen LogP contribution is 2.33. The second-order valence-corrected chi connectivity index (χ2v) is 9.23. The average molecular weight is 436 g/mol. The Morgan fingerprint density at radius 3 is 2.19 bits per heavy atom. The van der Waals surface area contributed by atoms with Gasteiger partial charge in [0.25, 0.3) is 5.91 Å². The normalized spacial score (nSPS) is 21.4. The minimum Gasteiger partial charge on any atom is -0.387 e. The third kappa shape index (κ3) is 4.87. The summed E-state index contributed by atoms with van der Waals surface area (Å²) in [6, 6.07) is 15.8.